The molecule has 1 fully saturated rings. The van der Waals surface area contributed by atoms with Gasteiger partial charge in [-0.15, -0.1) is 0 Å². The minimum absolute atomic E-state index is 0.164. The summed E-state index contributed by atoms with van der Waals surface area (Å²) in [5, 5.41) is 7.51. The average Bonchev–Trinajstić information content (AvgIpc) is 3.29. The number of H-pyrrole nitrogens is 1. The zero-order chi connectivity index (χ0) is 19.9. The molecule has 2 aliphatic heterocycles. The Kier molecular flexibility index (Phi) is 4.70. The van der Waals surface area contributed by atoms with Crippen LogP contribution in [0, 0.1) is 11.7 Å². The van der Waals surface area contributed by atoms with Crippen LogP contribution in [0.25, 0.3) is 10.9 Å². The maximum Gasteiger partial charge on any atom is 0.410 e. The van der Waals surface area contributed by atoms with E-state index in [4.69, 9.17) is 9.57 Å². The standard InChI is InChI=1S/C19H24FN5O3/c1-19(2,3)27-18(26)25-6-4-11(5-7-25)17-22-16(24-28-17)13-8-12(20)9-15-14(13)10-21-23-15/h8-11,17H,4-7H2,1-3H3,(H,21,23)(H,22,24). The number of nitrogens with zero attached hydrogens (tertiary/aromatic N) is 3. The van der Waals surface area contributed by atoms with Crippen molar-refractivity contribution in [3.8, 4) is 0 Å². The first-order valence-corrected chi connectivity index (χ1v) is 9.40. The number of carbonyl (C=O) groups is 1. The van der Waals surface area contributed by atoms with Gasteiger partial charge in [0.1, 0.15) is 11.4 Å². The second-order valence-electron chi connectivity index (χ2n) is 8.18. The number of halogens is 1. The largest absolute Gasteiger partial charge is 0.444 e. The minimum atomic E-state index is -0.505. The van der Waals surface area contributed by atoms with Gasteiger partial charge in [0.15, 0.2) is 12.1 Å². The third-order valence-electron chi connectivity index (χ3n) is 4.91. The molecule has 4 rings (SSSR count). The van der Waals surface area contributed by atoms with Crippen molar-refractivity contribution in [2.24, 2.45) is 10.9 Å². The van der Waals surface area contributed by atoms with Crippen LogP contribution in [0.4, 0.5) is 9.18 Å². The molecule has 150 valence electrons. The van der Waals surface area contributed by atoms with Gasteiger partial charge in [0, 0.05) is 30.0 Å². The van der Waals surface area contributed by atoms with Crippen LogP contribution in [-0.2, 0) is 9.57 Å². The smallest absolute Gasteiger partial charge is 0.410 e. The zero-order valence-corrected chi connectivity index (χ0v) is 16.2. The lowest BCUT2D eigenvalue weighted by Gasteiger charge is -2.34. The summed E-state index contributed by atoms with van der Waals surface area (Å²) in [7, 11) is 0. The van der Waals surface area contributed by atoms with E-state index in [-0.39, 0.29) is 24.1 Å². The Morgan fingerprint density at radius 3 is 2.79 bits per heavy atom. The van der Waals surface area contributed by atoms with Crippen molar-refractivity contribution in [3.05, 3.63) is 29.7 Å². The molecule has 3 heterocycles. The van der Waals surface area contributed by atoms with Crippen molar-refractivity contribution in [1.82, 2.24) is 20.6 Å². The number of carbonyl (C=O) groups excluding carboxylic acids is 1. The summed E-state index contributed by atoms with van der Waals surface area (Å²) in [6.07, 6.45) is 2.49. The van der Waals surface area contributed by atoms with Gasteiger partial charge in [-0.25, -0.2) is 24.5 Å². The number of nitrogens with one attached hydrogen (secondary N) is 2. The maximum absolute atomic E-state index is 13.9. The second-order valence-corrected chi connectivity index (χ2v) is 8.18. The molecule has 1 unspecified atom stereocenters. The van der Waals surface area contributed by atoms with Crippen LogP contribution in [0.15, 0.2) is 23.3 Å². The molecule has 0 aliphatic carbocycles. The number of piperidine rings is 1. The molecule has 1 aromatic carbocycles. The van der Waals surface area contributed by atoms with E-state index in [1.807, 2.05) is 20.8 Å². The number of likely N-dealkylation sites (tertiary alicyclic amines) is 1. The Balaban J connectivity index is 1.43. The van der Waals surface area contributed by atoms with E-state index in [0.29, 0.717) is 30.0 Å². The van der Waals surface area contributed by atoms with Crippen LogP contribution < -0.4 is 5.48 Å². The summed E-state index contributed by atoms with van der Waals surface area (Å²) in [4.78, 5) is 24.2. The van der Waals surface area contributed by atoms with Crippen LogP contribution in [0.5, 0.6) is 0 Å². The van der Waals surface area contributed by atoms with Gasteiger partial charge in [0.05, 0.1) is 11.7 Å². The first-order valence-electron chi connectivity index (χ1n) is 9.40. The number of ether oxygens (including phenoxy) is 1. The molecule has 0 saturated carbocycles. The van der Waals surface area contributed by atoms with Crippen molar-refractivity contribution < 1.29 is 18.8 Å². The van der Waals surface area contributed by atoms with E-state index in [9.17, 15) is 9.18 Å². The SMILES string of the molecule is CC(C)(C)OC(=O)N1CCC(C2N=C(c3cc(F)cc4[nH]ncc34)NO2)CC1. The van der Waals surface area contributed by atoms with Gasteiger partial charge in [-0.2, -0.15) is 5.10 Å². The van der Waals surface area contributed by atoms with Gasteiger partial charge < -0.3 is 9.64 Å². The number of aliphatic imine (C=N–C) groups is 1. The van der Waals surface area contributed by atoms with E-state index >= 15 is 0 Å². The van der Waals surface area contributed by atoms with Gasteiger partial charge in [-0.05, 0) is 45.7 Å². The number of aromatic amines is 1. The lowest BCUT2D eigenvalue weighted by Crippen LogP contribution is -2.43. The summed E-state index contributed by atoms with van der Waals surface area (Å²) in [6.45, 7) is 6.76. The summed E-state index contributed by atoms with van der Waals surface area (Å²) >= 11 is 0. The van der Waals surface area contributed by atoms with Gasteiger partial charge in [0.2, 0.25) is 0 Å². The summed E-state index contributed by atoms with van der Waals surface area (Å²) < 4.78 is 19.3. The summed E-state index contributed by atoms with van der Waals surface area (Å²) in [5.41, 5.74) is 3.54. The van der Waals surface area contributed by atoms with Crippen LogP contribution in [0.1, 0.15) is 39.2 Å². The molecule has 1 atom stereocenters. The number of amides is 1. The number of fused-ring (bicyclic) bond motifs is 1. The predicted octanol–water partition coefficient (Wildman–Crippen LogP) is 2.96. The molecule has 0 bridgehead atoms. The summed E-state index contributed by atoms with van der Waals surface area (Å²) in [6, 6.07) is 2.81. The Hall–Kier alpha value is -2.68. The Morgan fingerprint density at radius 2 is 2.07 bits per heavy atom. The van der Waals surface area contributed by atoms with Crippen LogP contribution in [0.3, 0.4) is 0 Å². The second kappa shape index (κ2) is 7.05. The van der Waals surface area contributed by atoms with Crippen molar-refractivity contribution >= 4 is 22.8 Å². The Bertz CT molecular complexity index is 912. The number of amidine groups is 1. The lowest BCUT2D eigenvalue weighted by atomic mass is 9.95. The molecule has 0 spiro atoms. The van der Waals surface area contributed by atoms with Crippen molar-refractivity contribution in [3.63, 3.8) is 0 Å². The molecule has 8 nitrogen and oxygen atoms in total. The first kappa shape index (κ1) is 18.7. The number of hydrogen-bond donors (Lipinski definition) is 2. The van der Waals surface area contributed by atoms with Crippen LogP contribution in [-0.4, -0.2) is 51.9 Å². The lowest BCUT2D eigenvalue weighted by molar-refractivity contribution is -0.0242. The molecule has 2 aromatic rings. The molecular weight excluding hydrogens is 365 g/mol. The molecule has 9 heteroatoms. The fourth-order valence-corrected chi connectivity index (χ4v) is 3.53. The molecule has 2 N–H and O–H groups in total. The van der Waals surface area contributed by atoms with Crippen LogP contribution in [0.2, 0.25) is 0 Å². The summed E-state index contributed by atoms with van der Waals surface area (Å²) in [5.74, 6) is 0.285. The predicted molar refractivity (Wildman–Crippen MR) is 101 cm³/mol. The fourth-order valence-electron chi connectivity index (χ4n) is 3.53. The minimum Gasteiger partial charge on any atom is -0.444 e. The average molecular weight is 389 g/mol. The van der Waals surface area contributed by atoms with Crippen molar-refractivity contribution in [1.29, 1.82) is 0 Å². The van der Waals surface area contributed by atoms with E-state index in [1.165, 1.54) is 12.1 Å². The highest BCUT2D eigenvalue weighted by Gasteiger charge is 2.34. The Morgan fingerprint density at radius 1 is 1.32 bits per heavy atom. The Labute approximate surface area is 162 Å². The number of hydroxylamine groups is 1. The number of hydrogen-bond acceptors (Lipinski definition) is 6. The van der Waals surface area contributed by atoms with E-state index in [0.717, 1.165) is 18.2 Å². The molecule has 2 aliphatic rings. The number of benzene rings is 1. The molecular formula is C19H24FN5O3. The topological polar surface area (TPSA) is 91.8 Å². The highest BCUT2D eigenvalue weighted by atomic mass is 19.1. The number of rotatable bonds is 2. The molecule has 1 saturated heterocycles. The monoisotopic (exact) mass is 389 g/mol. The fraction of sp³-hybridized carbons (Fsp3) is 0.526. The van der Waals surface area contributed by atoms with Gasteiger partial charge in [-0.1, -0.05) is 0 Å². The van der Waals surface area contributed by atoms with E-state index in [1.54, 1.807) is 11.1 Å². The third-order valence-corrected chi connectivity index (χ3v) is 4.91. The molecule has 1 aromatic heterocycles. The molecule has 1 amide bonds. The van der Waals surface area contributed by atoms with Crippen molar-refractivity contribution in [2.75, 3.05) is 13.1 Å². The quantitative estimate of drug-likeness (QED) is 0.824. The van der Waals surface area contributed by atoms with Gasteiger partial charge in [0.25, 0.3) is 0 Å². The van der Waals surface area contributed by atoms with Crippen LogP contribution >= 0.6 is 0 Å². The molecule has 28 heavy (non-hydrogen) atoms. The number of aromatic nitrogens is 2. The highest BCUT2D eigenvalue weighted by Crippen LogP contribution is 2.28. The molecule has 0 radical (unpaired) electrons. The van der Waals surface area contributed by atoms with Crippen molar-refractivity contribution in [2.45, 2.75) is 45.4 Å². The maximum atomic E-state index is 13.9. The normalized spacial score (nSPS) is 20.9. The van der Waals surface area contributed by atoms with Gasteiger partial charge >= 0.3 is 6.09 Å². The zero-order valence-electron chi connectivity index (χ0n) is 16.2. The van der Waals surface area contributed by atoms with E-state index < -0.39 is 5.60 Å². The van der Waals surface area contributed by atoms with Gasteiger partial charge in [-0.3, -0.25) is 5.10 Å². The highest BCUT2D eigenvalue weighted by molar-refractivity contribution is 6.09. The third kappa shape index (κ3) is 3.80. The first-order chi connectivity index (χ1) is 13.3. The van der Waals surface area contributed by atoms with E-state index in [2.05, 4.69) is 20.7 Å².